The fraction of sp³-hybridized carbons (Fsp3) is 0.385. The van der Waals surface area contributed by atoms with Crippen molar-refractivity contribution in [1.82, 2.24) is 4.90 Å². The zero-order valence-electron chi connectivity index (χ0n) is 10.2. The number of amides is 1. The first kappa shape index (κ1) is 13.5. The van der Waals surface area contributed by atoms with E-state index in [2.05, 4.69) is 0 Å². The van der Waals surface area contributed by atoms with Crippen molar-refractivity contribution in [2.75, 3.05) is 6.54 Å². The Morgan fingerprint density at radius 2 is 1.89 bits per heavy atom. The number of rotatable bonds is 3. The molecular weight excluding hydrogens is 250 g/mol. The fourth-order valence-electron chi connectivity index (χ4n) is 2.19. The molecule has 1 heterocycles. The Morgan fingerprint density at radius 3 is 2.42 bits per heavy atom. The summed E-state index contributed by atoms with van der Waals surface area (Å²) in [6.45, 7) is -0.0911. The van der Waals surface area contributed by atoms with Crippen LogP contribution >= 0.6 is 0 Å². The molecule has 0 bridgehead atoms. The summed E-state index contributed by atoms with van der Waals surface area (Å²) in [5.41, 5.74) is 1.02. The minimum absolute atomic E-state index is 0.0253. The molecule has 3 N–H and O–H groups in total. The molecule has 1 fully saturated rings. The zero-order chi connectivity index (χ0) is 14.0. The quantitative estimate of drug-likeness (QED) is 0.705. The summed E-state index contributed by atoms with van der Waals surface area (Å²) in [4.78, 5) is 24.4. The number of nitrogens with zero attached hydrogens (tertiary/aromatic N) is 1. The normalized spacial score (nSPS) is 22.5. The number of aliphatic hydroxyl groups is 2. The van der Waals surface area contributed by atoms with E-state index in [0.717, 1.165) is 0 Å². The number of aliphatic hydroxyl groups excluding tert-OH is 2. The molecule has 0 radical (unpaired) electrons. The molecule has 2 unspecified atom stereocenters. The Hall–Kier alpha value is -1.92. The van der Waals surface area contributed by atoms with E-state index in [1.54, 1.807) is 12.1 Å². The highest BCUT2D eigenvalue weighted by atomic mass is 16.4. The van der Waals surface area contributed by atoms with E-state index in [1.807, 2.05) is 0 Å². The lowest BCUT2D eigenvalue weighted by Crippen LogP contribution is -2.40. The van der Waals surface area contributed by atoms with E-state index < -0.39 is 24.0 Å². The third kappa shape index (κ3) is 2.74. The predicted octanol–water partition coefficient (Wildman–Crippen LogP) is -0.161. The molecular formula is C13H15NO5. The van der Waals surface area contributed by atoms with Gasteiger partial charge in [0.15, 0.2) is 0 Å². The van der Waals surface area contributed by atoms with Gasteiger partial charge in [0.2, 0.25) is 0 Å². The Balaban J connectivity index is 2.20. The number of aliphatic carboxylic acids is 1. The maximum absolute atomic E-state index is 12.2. The topological polar surface area (TPSA) is 98.1 Å². The monoisotopic (exact) mass is 265 g/mol. The van der Waals surface area contributed by atoms with Crippen molar-refractivity contribution in [3.05, 3.63) is 35.4 Å². The molecule has 1 aliphatic heterocycles. The van der Waals surface area contributed by atoms with Crippen molar-refractivity contribution >= 4 is 11.9 Å². The van der Waals surface area contributed by atoms with Crippen LogP contribution in [0.25, 0.3) is 0 Å². The lowest BCUT2D eigenvalue weighted by atomic mass is 10.1. The van der Waals surface area contributed by atoms with Crippen molar-refractivity contribution in [1.29, 1.82) is 0 Å². The molecule has 1 amide bonds. The van der Waals surface area contributed by atoms with Gasteiger partial charge in [0.25, 0.3) is 5.91 Å². The van der Waals surface area contributed by atoms with Crippen LogP contribution in [0, 0.1) is 0 Å². The highest BCUT2D eigenvalue weighted by molar-refractivity contribution is 5.97. The molecule has 19 heavy (non-hydrogen) atoms. The van der Waals surface area contributed by atoms with Gasteiger partial charge in [0.1, 0.15) is 6.04 Å². The van der Waals surface area contributed by atoms with Crippen LogP contribution in [0.15, 0.2) is 24.3 Å². The van der Waals surface area contributed by atoms with E-state index >= 15 is 0 Å². The number of carbonyl (C=O) groups is 2. The molecule has 0 aliphatic carbocycles. The van der Waals surface area contributed by atoms with Crippen LogP contribution in [0.3, 0.4) is 0 Å². The van der Waals surface area contributed by atoms with E-state index in [9.17, 15) is 14.7 Å². The molecule has 1 aliphatic rings. The lowest BCUT2D eigenvalue weighted by molar-refractivity contribution is -0.141. The average Bonchev–Trinajstić information content (AvgIpc) is 2.80. The summed E-state index contributed by atoms with van der Waals surface area (Å²) in [6.07, 6.45) is -0.753. The summed E-state index contributed by atoms with van der Waals surface area (Å²) >= 11 is 0. The summed E-state index contributed by atoms with van der Waals surface area (Å²) in [5, 5.41) is 27.5. The van der Waals surface area contributed by atoms with E-state index in [4.69, 9.17) is 10.2 Å². The largest absolute Gasteiger partial charge is 0.480 e. The SMILES string of the molecule is O=C(O)C1CC(O)CN1C(=O)c1ccc(CO)cc1. The molecule has 102 valence electrons. The predicted molar refractivity (Wildman–Crippen MR) is 65.4 cm³/mol. The first-order valence-corrected chi connectivity index (χ1v) is 5.94. The standard InChI is InChI=1S/C13H15NO5/c15-7-8-1-3-9(4-2-8)12(17)14-6-10(16)5-11(14)13(18)19/h1-4,10-11,15-16H,5-7H2,(H,18,19). The third-order valence-electron chi connectivity index (χ3n) is 3.21. The third-order valence-corrected chi connectivity index (χ3v) is 3.21. The minimum Gasteiger partial charge on any atom is -0.480 e. The molecule has 0 saturated carbocycles. The Labute approximate surface area is 109 Å². The van der Waals surface area contributed by atoms with Gasteiger partial charge in [-0.3, -0.25) is 4.79 Å². The second-order valence-electron chi connectivity index (χ2n) is 4.56. The van der Waals surface area contributed by atoms with Crippen molar-refractivity contribution in [2.24, 2.45) is 0 Å². The fourth-order valence-corrected chi connectivity index (χ4v) is 2.19. The molecule has 0 spiro atoms. The van der Waals surface area contributed by atoms with E-state index in [0.29, 0.717) is 11.1 Å². The molecule has 2 atom stereocenters. The Kier molecular flexibility index (Phi) is 3.82. The average molecular weight is 265 g/mol. The van der Waals surface area contributed by atoms with Gasteiger partial charge >= 0.3 is 5.97 Å². The number of benzene rings is 1. The second kappa shape index (κ2) is 5.38. The molecule has 0 aromatic heterocycles. The molecule has 1 aromatic rings. The number of hydrogen-bond donors (Lipinski definition) is 3. The Morgan fingerprint density at radius 1 is 1.26 bits per heavy atom. The molecule has 1 aromatic carbocycles. The van der Waals surface area contributed by atoms with Gasteiger partial charge in [-0.15, -0.1) is 0 Å². The smallest absolute Gasteiger partial charge is 0.326 e. The lowest BCUT2D eigenvalue weighted by Gasteiger charge is -2.21. The van der Waals surface area contributed by atoms with Crippen LogP contribution in [0.5, 0.6) is 0 Å². The molecule has 1 saturated heterocycles. The number of hydrogen-bond acceptors (Lipinski definition) is 4. The number of likely N-dealkylation sites (tertiary alicyclic amines) is 1. The van der Waals surface area contributed by atoms with Crippen molar-refractivity contribution in [3.8, 4) is 0 Å². The summed E-state index contributed by atoms with van der Waals surface area (Å²) in [7, 11) is 0. The van der Waals surface area contributed by atoms with E-state index in [1.165, 1.54) is 17.0 Å². The minimum atomic E-state index is -1.11. The van der Waals surface area contributed by atoms with Crippen molar-refractivity contribution in [3.63, 3.8) is 0 Å². The van der Waals surface area contributed by atoms with Gasteiger partial charge < -0.3 is 20.2 Å². The van der Waals surface area contributed by atoms with Crippen LogP contribution in [-0.4, -0.2) is 50.8 Å². The highest BCUT2D eigenvalue weighted by Crippen LogP contribution is 2.21. The summed E-state index contributed by atoms with van der Waals surface area (Å²) in [6, 6.07) is 5.31. The van der Waals surface area contributed by atoms with E-state index in [-0.39, 0.29) is 19.6 Å². The summed E-state index contributed by atoms with van der Waals surface area (Å²) < 4.78 is 0. The van der Waals surface area contributed by atoms with Gasteiger partial charge in [-0.25, -0.2) is 4.79 Å². The van der Waals surface area contributed by atoms with Crippen molar-refractivity contribution in [2.45, 2.75) is 25.2 Å². The maximum atomic E-state index is 12.2. The molecule has 2 rings (SSSR count). The van der Waals surface area contributed by atoms with Gasteiger partial charge in [0, 0.05) is 18.5 Å². The van der Waals surface area contributed by atoms with Crippen molar-refractivity contribution < 1.29 is 24.9 Å². The van der Waals surface area contributed by atoms with Crippen LogP contribution in [0.4, 0.5) is 0 Å². The first-order chi connectivity index (χ1) is 9.02. The number of carboxylic acids is 1. The molecule has 6 heteroatoms. The summed E-state index contributed by atoms with van der Waals surface area (Å²) in [5.74, 6) is -1.54. The Bertz CT molecular complexity index is 484. The van der Waals surface area contributed by atoms with Crippen LogP contribution in [0.1, 0.15) is 22.3 Å². The van der Waals surface area contributed by atoms with Gasteiger partial charge in [-0.1, -0.05) is 12.1 Å². The number of carboxylic acid groups (broad SMARTS) is 1. The number of β-amino-alcohol motifs (C(OH)–C–C–N with tert-alkyl or cyclic N) is 1. The highest BCUT2D eigenvalue weighted by Gasteiger charge is 2.39. The van der Waals surface area contributed by atoms with Gasteiger partial charge in [-0.2, -0.15) is 0 Å². The maximum Gasteiger partial charge on any atom is 0.326 e. The zero-order valence-corrected chi connectivity index (χ0v) is 10.2. The number of carbonyl (C=O) groups excluding carboxylic acids is 1. The second-order valence-corrected chi connectivity index (χ2v) is 4.56. The van der Waals surface area contributed by atoms with Crippen LogP contribution in [-0.2, 0) is 11.4 Å². The van der Waals surface area contributed by atoms with Gasteiger partial charge in [0.05, 0.1) is 12.7 Å². The molecule has 6 nitrogen and oxygen atoms in total. The van der Waals surface area contributed by atoms with Gasteiger partial charge in [-0.05, 0) is 17.7 Å². The first-order valence-electron chi connectivity index (χ1n) is 5.94. The van der Waals surface area contributed by atoms with Crippen LogP contribution < -0.4 is 0 Å². The van der Waals surface area contributed by atoms with Crippen LogP contribution in [0.2, 0.25) is 0 Å².